The van der Waals surface area contributed by atoms with E-state index in [0.717, 1.165) is 10.1 Å². The number of alkyl halides is 3. The van der Waals surface area contributed by atoms with Gasteiger partial charge in [-0.05, 0) is 41.7 Å². The molecule has 1 aromatic heterocycles. The summed E-state index contributed by atoms with van der Waals surface area (Å²) in [6.45, 7) is 1.98. The molecule has 0 bridgehead atoms. The van der Waals surface area contributed by atoms with Crippen LogP contribution in [0.2, 0.25) is 5.02 Å². The minimum atomic E-state index is -4.82. The number of anilines is 2. The molecule has 2 aromatic carbocycles. The largest absolute Gasteiger partial charge is 0.432 e. The average Bonchev–Trinajstić information content (AvgIpc) is 3.21. The molecule has 33 heavy (non-hydrogen) atoms. The third-order valence-electron chi connectivity index (χ3n) is 4.09. The van der Waals surface area contributed by atoms with Gasteiger partial charge in [0.05, 0.1) is 10.7 Å². The van der Waals surface area contributed by atoms with E-state index < -0.39 is 17.8 Å². The van der Waals surface area contributed by atoms with Gasteiger partial charge in [0.25, 0.3) is 5.91 Å². The maximum Gasteiger partial charge on any atom is 0.432 e. The van der Waals surface area contributed by atoms with Gasteiger partial charge in [-0.25, -0.2) is 0 Å². The van der Waals surface area contributed by atoms with Crippen molar-refractivity contribution in [3.63, 3.8) is 0 Å². The topological polar surface area (TPSA) is 90.8 Å². The Bertz CT molecular complexity index is 1180. The second kappa shape index (κ2) is 10.8. The number of nitrogens with zero attached hydrogens (tertiary/aromatic N) is 2. The van der Waals surface area contributed by atoms with Crippen molar-refractivity contribution >= 4 is 62.8 Å². The van der Waals surface area contributed by atoms with Crippen molar-refractivity contribution in [2.75, 3.05) is 16.4 Å². The molecule has 3 rings (SSSR count). The molecule has 1 heterocycles. The van der Waals surface area contributed by atoms with E-state index in [1.165, 1.54) is 47.4 Å². The molecule has 0 saturated carbocycles. The van der Waals surface area contributed by atoms with Crippen LogP contribution in [-0.4, -0.2) is 33.7 Å². The summed E-state index contributed by atoms with van der Waals surface area (Å²) >= 11 is 8.87. The van der Waals surface area contributed by atoms with Crippen LogP contribution in [0.4, 0.5) is 24.0 Å². The minimum Gasteiger partial charge on any atom is -0.354 e. The van der Waals surface area contributed by atoms with E-state index >= 15 is 0 Å². The Labute approximate surface area is 200 Å². The molecular formula is C21H17ClF3N5OS2. The molecule has 0 fully saturated rings. The van der Waals surface area contributed by atoms with Crippen LogP contribution in [0.15, 0.2) is 58.9 Å². The number of thioether (sulfide) groups is 1. The summed E-state index contributed by atoms with van der Waals surface area (Å²) in [5.74, 6) is 0.395. The fraction of sp³-hybridized carbons (Fsp3) is 0.143. The number of amides is 1. The van der Waals surface area contributed by atoms with Crippen molar-refractivity contribution in [3.8, 4) is 0 Å². The van der Waals surface area contributed by atoms with Gasteiger partial charge in [-0.2, -0.15) is 13.2 Å². The first-order valence-corrected chi connectivity index (χ1v) is 11.6. The van der Waals surface area contributed by atoms with Gasteiger partial charge in [-0.3, -0.25) is 15.5 Å². The van der Waals surface area contributed by atoms with Crippen molar-refractivity contribution < 1.29 is 18.0 Å². The monoisotopic (exact) mass is 511 g/mol. The molecule has 0 saturated heterocycles. The lowest BCUT2D eigenvalue weighted by Crippen LogP contribution is -2.20. The van der Waals surface area contributed by atoms with E-state index in [4.69, 9.17) is 17.0 Å². The first kappa shape index (κ1) is 24.7. The van der Waals surface area contributed by atoms with Crippen LogP contribution in [0, 0.1) is 5.41 Å². The Hall–Kier alpha value is -2.89. The molecule has 0 unspecified atom stereocenters. The highest BCUT2D eigenvalue weighted by molar-refractivity contribution is 8.01. The maximum absolute atomic E-state index is 13.0. The number of carbonyl (C=O) groups excluding carboxylic acids is 1. The van der Waals surface area contributed by atoms with Crippen LogP contribution in [0.1, 0.15) is 22.8 Å². The van der Waals surface area contributed by atoms with E-state index in [9.17, 15) is 18.0 Å². The highest BCUT2D eigenvalue weighted by Gasteiger charge is 2.33. The van der Waals surface area contributed by atoms with Gasteiger partial charge in [0.2, 0.25) is 5.13 Å². The first-order valence-electron chi connectivity index (χ1n) is 9.44. The number of allylic oxidation sites excluding steroid dienone is 1. The lowest BCUT2D eigenvalue weighted by molar-refractivity contribution is -0.0583. The summed E-state index contributed by atoms with van der Waals surface area (Å²) in [4.78, 5) is 12.5. The number of carbonyl (C=O) groups is 1. The molecular weight excluding hydrogens is 495 g/mol. The molecule has 1 amide bonds. The van der Waals surface area contributed by atoms with Gasteiger partial charge in [-0.15, -0.1) is 10.2 Å². The predicted molar refractivity (Wildman–Crippen MR) is 128 cm³/mol. The summed E-state index contributed by atoms with van der Waals surface area (Å²) < 4.78 is 39.7. The van der Waals surface area contributed by atoms with Crippen LogP contribution < -0.4 is 10.6 Å². The molecule has 0 atom stereocenters. The van der Waals surface area contributed by atoms with E-state index in [0.29, 0.717) is 27.5 Å². The van der Waals surface area contributed by atoms with Crippen molar-refractivity contribution in [1.29, 1.82) is 5.41 Å². The second-order valence-corrected chi connectivity index (χ2v) is 9.31. The Morgan fingerprint density at radius 1 is 1.12 bits per heavy atom. The molecule has 0 spiro atoms. The quantitative estimate of drug-likeness (QED) is 0.180. The van der Waals surface area contributed by atoms with Gasteiger partial charge in [-0.1, -0.05) is 65.9 Å². The number of nitrogens with one attached hydrogen (secondary N) is 3. The van der Waals surface area contributed by atoms with Crippen molar-refractivity contribution in [2.24, 2.45) is 0 Å². The molecule has 0 aliphatic carbocycles. The fourth-order valence-corrected chi connectivity index (χ4v) is 4.36. The molecule has 0 aliphatic rings. The minimum absolute atomic E-state index is 0.00254. The van der Waals surface area contributed by atoms with Crippen LogP contribution in [0.3, 0.4) is 0 Å². The van der Waals surface area contributed by atoms with Crippen molar-refractivity contribution in [1.82, 2.24) is 10.2 Å². The van der Waals surface area contributed by atoms with Gasteiger partial charge < -0.3 is 5.32 Å². The zero-order valence-electron chi connectivity index (χ0n) is 17.0. The predicted octanol–water partition coefficient (Wildman–Crippen LogP) is 6.59. The molecule has 6 nitrogen and oxygen atoms in total. The third-order valence-corrected chi connectivity index (χ3v) is 6.27. The molecule has 3 N–H and O–H groups in total. The highest BCUT2D eigenvalue weighted by atomic mass is 35.5. The molecule has 12 heteroatoms. The van der Waals surface area contributed by atoms with Crippen molar-refractivity contribution in [3.05, 3.63) is 70.8 Å². The first-order chi connectivity index (χ1) is 15.7. The number of rotatable bonds is 8. The Kier molecular flexibility index (Phi) is 8.11. The zero-order chi connectivity index (χ0) is 24.0. The smallest absolute Gasteiger partial charge is 0.354 e. The third kappa shape index (κ3) is 6.80. The van der Waals surface area contributed by atoms with Gasteiger partial charge in [0.15, 0.2) is 4.34 Å². The highest BCUT2D eigenvalue weighted by Crippen LogP contribution is 2.28. The SMILES string of the molecule is CCSc1nnc(NC(=O)c2ccc(/C(=C/C(=N)C(F)(F)F)Nc3ccccc3Cl)cc2)s1. The van der Waals surface area contributed by atoms with E-state index in [-0.39, 0.29) is 11.3 Å². The van der Waals surface area contributed by atoms with Crippen LogP contribution >= 0.6 is 34.7 Å². The van der Waals surface area contributed by atoms with Crippen molar-refractivity contribution in [2.45, 2.75) is 17.4 Å². The second-order valence-electron chi connectivity index (χ2n) is 6.41. The maximum atomic E-state index is 13.0. The molecule has 0 radical (unpaired) electrons. The van der Waals surface area contributed by atoms with Gasteiger partial charge in [0, 0.05) is 11.3 Å². The Balaban J connectivity index is 1.83. The molecule has 3 aromatic rings. The normalized spacial score (nSPS) is 11.8. The van der Waals surface area contributed by atoms with Crippen LogP contribution in [0.5, 0.6) is 0 Å². The van der Waals surface area contributed by atoms with E-state index in [1.807, 2.05) is 6.92 Å². The zero-order valence-corrected chi connectivity index (χ0v) is 19.4. The van der Waals surface area contributed by atoms with E-state index in [2.05, 4.69) is 20.8 Å². The number of para-hydroxylation sites is 1. The van der Waals surface area contributed by atoms with Crippen LogP contribution in [0.25, 0.3) is 5.70 Å². The fourth-order valence-electron chi connectivity index (χ4n) is 2.54. The average molecular weight is 512 g/mol. The molecule has 172 valence electrons. The summed E-state index contributed by atoms with van der Waals surface area (Å²) in [7, 11) is 0. The van der Waals surface area contributed by atoms with Gasteiger partial charge in [0.1, 0.15) is 5.71 Å². The molecule has 0 aliphatic heterocycles. The van der Waals surface area contributed by atoms with E-state index in [1.54, 1.807) is 24.3 Å². The summed E-state index contributed by atoms with van der Waals surface area (Å²) in [5, 5.41) is 21.4. The lowest BCUT2D eigenvalue weighted by Gasteiger charge is -2.14. The summed E-state index contributed by atoms with van der Waals surface area (Å²) in [5.41, 5.74) is -0.544. The van der Waals surface area contributed by atoms with Gasteiger partial charge >= 0.3 is 6.18 Å². The number of hydrogen-bond donors (Lipinski definition) is 3. The van der Waals surface area contributed by atoms with Crippen LogP contribution in [-0.2, 0) is 0 Å². The number of benzene rings is 2. The Morgan fingerprint density at radius 3 is 2.42 bits per heavy atom. The number of aromatic nitrogens is 2. The number of halogens is 4. The summed E-state index contributed by atoms with van der Waals surface area (Å²) in [6, 6.07) is 12.4. The number of hydrogen-bond acceptors (Lipinski definition) is 7. The summed E-state index contributed by atoms with van der Waals surface area (Å²) in [6.07, 6.45) is -4.14. The standard InChI is InChI=1S/C21H17ClF3N5OS2/c1-2-32-20-30-29-19(33-20)28-18(31)13-9-7-12(8-10-13)16(11-17(26)21(23,24)25)27-15-6-4-3-5-14(15)22/h3-11,26-27H,2H2,1H3,(H,28,29,31)/b16-11-,26-17?. The lowest BCUT2D eigenvalue weighted by atomic mass is 10.1. The Morgan fingerprint density at radius 2 is 1.79 bits per heavy atom.